The molecule has 2 aromatic heterocycles. The number of nitro groups is 1. The van der Waals surface area contributed by atoms with Crippen molar-refractivity contribution in [2.75, 3.05) is 17.2 Å². The standard InChI is InChI=1S/C10H12N8O3/c1-3-11-8-7(4-6(5-12-8)18(20)21)9(19)13-10-14-16-17(2)15-10/h4-5H,3H2,1-2H3,(H,11,12)(H,13,15,19). The van der Waals surface area contributed by atoms with Gasteiger partial charge in [-0.05, 0) is 12.1 Å². The smallest absolute Gasteiger partial charge is 0.288 e. The average Bonchev–Trinajstić information content (AvgIpc) is 2.84. The molecule has 0 aliphatic carbocycles. The lowest BCUT2D eigenvalue weighted by Gasteiger charge is -2.08. The first kappa shape index (κ1) is 14.3. The summed E-state index contributed by atoms with van der Waals surface area (Å²) in [6, 6.07) is 1.14. The van der Waals surface area contributed by atoms with Gasteiger partial charge in [-0.3, -0.25) is 20.2 Å². The van der Waals surface area contributed by atoms with Crippen molar-refractivity contribution < 1.29 is 9.72 Å². The minimum absolute atomic E-state index is 0.00328. The third-order valence-corrected chi connectivity index (χ3v) is 2.41. The average molecular weight is 292 g/mol. The molecule has 2 aromatic rings. The maximum atomic E-state index is 12.2. The molecule has 0 spiro atoms. The molecule has 0 saturated heterocycles. The van der Waals surface area contributed by atoms with E-state index in [0.717, 1.165) is 12.3 Å². The Morgan fingerprint density at radius 3 is 2.86 bits per heavy atom. The molecule has 0 aliphatic rings. The Hall–Kier alpha value is -3.11. The minimum atomic E-state index is -0.625. The normalized spacial score (nSPS) is 10.2. The van der Waals surface area contributed by atoms with Crippen LogP contribution < -0.4 is 10.6 Å². The summed E-state index contributed by atoms with van der Waals surface area (Å²) in [5.74, 6) is -0.379. The zero-order valence-electron chi connectivity index (χ0n) is 11.3. The number of carbonyl (C=O) groups excluding carboxylic acids is 1. The Kier molecular flexibility index (Phi) is 4.02. The van der Waals surface area contributed by atoms with Crippen LogP contribution in [-0.4, -0.2) is 42.6 Å². The Morgan fingerprint density at radius 1 is 1.52 bits per heavy atom. The number of tetrazole rings is 1. The molecule has 21 heavy (non-hydrogen) atoms. The molecular formula is C10H12N8O3. The zero-order valence-corrected chi connectivity index (χ0v) is 11.3. The van der Waals surface area contributed by atoms with Crippen LogP contribution in [0, 0.1) is 10.1 Å². The van der Waals surface area contributed by atoms with Crippen molar-refractivity contribution in [3.8, 4) is 0 Å². The Bertz CT molecular complexity index is 683. The molecule has 110 valence electrons. The molecule has 11 heteroatoms. The number of hydrogen-bond donors (Lipinski definition) is 2. The lowest BCUT2D eigenvalue weighted by Crippen LogP contribution is -2.17. The summed E-state index contributed by atoms with van der Waals surface area (Å²) in [7, 11) is 1.54. The van der Waals surface area contributed by atoms with Crippen molar-refractivity contribution in [2.45, 2.75) is 6.92 Å². The lowest BCUT2D eigenvalue weighted by molar-refractivity contribution is -0.385. The van der Waals surface area contributed by atoms with Gasteiger partial charge in [-0.25, -0.2) is 4.98 Å². The topological polar surface area (TPSA) is 141 Å². The van der Waals surface area contributed by atoms with E-state index in [1.165, 1.54) is 4.80 Å². The summed E-state index contributed by atoms with van der Waals surface area (Å²) in [6.07, 6.45) is 1.08. The van der Waals surface area contributed by atoms with Crippen LogP contribution in [0.4, 0.5) is 17.5 Å². The number of hydrogen-bond acceptors (Lipinski definition) is 8. The third-order valence-electron chi connectivity index (χ3n) is 2.41. The third kappa shape index (κ3) is 3.26. The van der Waals surface area contributed by atoms with Crippen molar-refractivity contribution in [3.05, 3.63) is 27.9 Å². The van der Waals surface area contributed by atoms with E-state index in [4.69, 9.17) is 0 Å². The molecule has 0 radical (unpaired) electrons. The van der Waals surface area contributed by atoms with Crippen molar-refractivity contribution >= 4 is 23.4 Å². The predicted octanol–water partition coefficient (Wildman–Crippen LogP) is 0.197. The molecule has 0 unspecified atom stereocenters. The van der Waals surface area contributed by atoms with E-state index in [0.29, 0.717) is 6.54 Å². The predicted molar refractivity (Wildman–Crippen MR) is 71.8 cm³/mol. The SMILES string of the molecule is CCNc1ncc([N+](=O)[O-])cc1C(=O)Nc1nnn(C)n1. The fraction of sp³-hybridized carbons (Fsp3) is 0.300. The fourth-order valence-electron chi connectivity index (χ4n) is 1.54. The quantitative estimate of drug-likeness (QED) is 0.588. The highest BCUT2D eigenvalue weighted by molar-refractivity contribution is 6.07. The molecule has 0 atom stereocenters. The van der Waals surface area contributed by atoms with Gasteiger partial charge in [0, 0.05) is 12.6 Å². The van der Waals surface area contributed by atoms with E-state index >= 15 is 0 Å². The monoisotopic (exact) mass is 292 g/mol. The first-order chi connectivity index (χ1) is 10.0. The van der Waals surface area contributed by atoms with Crippen molar-refractivity contribution in [1.29, 1.82) is 0 Å². The first-order valence-corrected chi connectivity index (χ1v) is 5.95. The van der Waals surface area contributed by atoms with Gasteiger partial charge in [-0.1, -0.05) is 5.10 Å². The van der Waals surface area contributed by atoms with E-state index in [2.05, 4.69) is 31.0 Å². The zero-order chi connectivity index (χ0) is 15.4. The van der Waals surface area contributed by atoms with Gasteiger partial charge < -0.3 is 5.32 Å². The van der Waals surface area contributed by atoms with E-state index in [1.54, 1.807) is 7.05 Å². The number of rotatable bonds is 5. The van der Waals surface area contributed by atoms with Gasteiger partial charge in [0.05, 0.1) is 17.5 Å². The molecule has 0 aromatic carbocycles. The van der Waals surface area contributed by atoms with Gasteiger partial charge in [0.2, 0.25) is 0 Å². The summed E-state index contributed by atoms with van der Waals surface area (Å²) < 4.78 is 0. The first-order valence-electron chi connectivity index (χ1n) is 5.95. The highest BCUT2D eigenvalue weighted by Gasteiger charge is 2.19. The van der Waals surface area contributed by atoms with Gasteiger partial charge in [-0.2, -0.15) is 4.80 Å². The van der Waals surface area contributed by atoms with Crippen LogP contribution in [0.3, 0.4) is 0 Å². The van der Waals surface area contributed by atoms with Crippen molar-refractivity contribution in [3.63, 3.8) is 0 Å². The summed E-state index contributed by atoms with van der Waals surface area (Å²) in [4.78, 5) is 27.4. The molecular weight excluding hydrogens is 280 g/mol. The number of pyridine rings is 1. The second kappa shape index (κ2) is 5.90. The minimum Gasteiger partial charge on any atom is -0.370 e. The van der Waals surface area contributed by atoms with Crippen LogP contribution in [0.5, 0.6) is 0 Å². The molecule has 0 bridgehead atoms. The van der Waals surface area contributed by atoms with E-state index < -0.39 is 10.8 Å². The molecule has 2 heterocycles. The summed E-state index contributed by atoms with van der Waals surface area (Å²) >= 11 is 0. The number of aryl methyl sites for hydroxylation is 1. The number of aromatic nitrogens is 5. The van der Waals surface area contributed by atoms with Crippen LogP contribution >= 0.6 is 0 Å². The van der Waals surface area contributed by atoms with E-state index in [9.17, 15) is 14.9 Å². The van der Waals surface area contributed by atoms with Gasteiger partial charge in [0.25, 0.3) is 17.5 Å². The van der Waals surface area contributed by atoms with Crippen LogP contribution in [0.15, 0.2) is 12.3 Å². The summed E-state index contributed by atoms with van der Waals surface area (Å²) in [5.41, 5.74) is -0.257. The Balaban J connectivity index is 2.32. The molecule has 0 aliphatic heterocycles. The molecule has 11 nitrogen and oxygen atoms in total. The number of anilines is 2. The Morgan fingerprint density at radius 2 is 2.29 bits per heavy atom. The largest absolute Gasteiger partial charge is 0.370 e. The van der Waals surface area contributed by atoms with E-state index in [1.807, 2.05) is 6.92 Å². The van der Waals surface area contributed by atoms with E-state index in [-0.39, 0.29) is 23.0 Å². The molecule has 2 rings (SSSR count). The summed E-state index contributed by atoms with van der Waals surface area (Å²) in [6.45, 7) is 2.32. The summed E-state index contributed by atoms with van der Waals surface area (Å²) in [5, 5.41) is 27.0. The van der Waals surface area contributed by atoms with Crippen LogP contribution in [0.1, 0.15) is 17.3 Å². The lowest BCUT2D eigenvalue weighted by atomic mass is 10.2. The van der Waals surface area contributed by atoms with Gasteiger partial charge in [0.1, 0.15) is 12.0 Å². The number of nitrogens with one attached hydrogen (secondary N) is 2. The number of amides is 1. The highest BCUT2D eigenvalue weighted by atomic mass is 16.6. The number of carbonyl (C=O) groups is 1. The highest BCUT2D eigenvalue weighted by Crippen LogP contribution is 2.19. The molecule has 0 fully saturated rings. The maximum Gasteiger partial charge on any atom is 0.288 e. The van der Waals surface area contributed by atoms with Crippen LogP contribution in [-0.2, 0) is 7.05 Å². The van der Waals surface area contributed by atoms with Gasteiger partial charge in [0.15, 0.2) is 0 Å². The Labute approximate surface area is 118 Å². The molecule has 1 amide bonds. The van der Waals surface area contributed by atoms with Crippen LogP contribution in [0.2, 0.25) is 0 Å². The van der Waals surface area contributed by atoms with Gasteiger partial charge in [-0.15, -0.1) is 5.10 Å². The number of nitrogens with zero attached hydrogens (tertiary/aromatic N) is 6. The van der Waals surface area contributed by atoms with Crippen LogP contribution in [0.25, 0.3) is 0 Å². The van der Waals surface area contributed by atoms with Crippen molar-refractivity contribution in [2.24, 2.45) is 7.05 Å². The maximum absolute atomic E-state index is 12.2. The molecule has 0 saturated carbocycles. The van der Waals surface area contributed by atoms with Crippen molar-refractivity contribution in [1.82, 2.24) is 25.2 Å². The molecule has 2 N–H and O–H groups in total. The second-order valence-corrected chi connectivity index (χ2v) is 3.93. The fourth-order valence-corrected chi connectivity index (χ4v) is 1.54. The van der Waals surface area contributed by atoms with Gasteiger partial charge >= 0.3 is 0 Å². The second-order valence-electron chi connectivity index (χ2n) is 3.93.